The van der Waals surface area contributed by atoms with Gasteiger partial charge < -0.3 is 10.1 Å². The van der Waals surface area contributed by atoms with Gasteiger partial charge in [-0.25, -0.2) is 4.79 Å². The Kier molecular flexibility index (Phi) is 1.78. The zero-order valence-corrected chi connectivity index (χ0v) is 4.89. The number of carbonyl (C=O) groups is 1. The largest absolute Gasteiger partial charge is 0.303 e. The molecular weight excluding hydrogens is 118 g/mol. The van der Waals surface area contributed by atoms with Crippen LogP contribution in [-0.2, 0) is 9.59 Å². The third kappa shape index (κ3) is 1.07. The Bertz CT molecular complexity index is 170. The maximum atomic E-state index is 10.1. The zero-order chi connectivity index (χ0) is 6.69. The second-order valence-corrected chi connectivity index (χ2v) is 1.95. The average molecular weight is 125 g/mol. The molecule has 0 unspecified atom stereocenters. The molecule has 0 saturated carbocycles. The third-order valence-corrected chi connectivity index (χ3v) is 1.40. The summed E-state index contributed by atoms with van der Waals surface area (Å²) in [7, 11) is 0. The number of hydrogen-bond donors (Lipinski definition) is 1. The summed E-state index contributed by atoms with van der Waals surface area (Å²) < 4.78 is 0. The van der Waals surface area contributed by atoms with Gasteiger partial charge in [-0.15, -0.1) is 0 Å². The zero-order valence-electron chi connectivity index (χ0n) is 4.89. The van der Waals surface area contributed by atoms with E-state index in [1.165, 1.54) is 0 Å². The second kappa shape index (κ2) is 2.58. The standard InChI is InChI=1S/C6H7NO2/c8-3-5-1-2-7-6(5)4-9/h4,6-7H,1-2H2/t6-/m1/s1. The van der Waals surface area contributed by atoms with Crippen molar-refractivity contribution in [2.75, 3.05) is 6.54 Å². The normalized spacial score (nSPS) is 25.8. The molecule has 0 aromatic rings. The van der Waals surface area contributed by atoms with E-state index in [4.69, 9.17) is 0 Å². The van der Waals surface area contributed by atoms with Crippen LogP contribution in [0.5, 0.6) is 0 Å². The summed E-state index contributed by atoms with van der Waals surface area (Å²) in [5.41, 5.74) is 0.546. The molecule has 0 radical (unpaired) electrons. The molecule has 0 amide bonds. The smallest absolute Gasteiger partial charge is 0.141 e. The first-order chi connectivity index (χ1) is 4.38. The molecule has 1 fully saturated rings. The van der Waals surface area contributed by atoms with E-state index >= 15 is 0 Å². The Morgan fingerprint density at radius 3 is 3.00 bits per heavy atom. The molecule has 0 aliphatic carbocycles. The molecular formula is C6H7NO2. The highest BCUT2D eigenvalue weighted by atomic mass is 16.1. The number of rotatable bonds is 1. The molecule has 9 heavy (non-hydrogen) atoms. The Balaban J connectivity index is 2.73. The van der Waals surface area contributed by atoms with E-state index in [9.17, 15) is 9.59 Å². The van der Waals surface area contributed by atoms with Gasteiger partial charge in [0.25, 0.3) is 0 Å². The van der Waals surface area contributed by atoms with Gasteiger partial charge in [0.2, 0.25) is 0 Å². The SMILES string of the molecule is O=C=C1CCN[C@@H]1C=O. The lowest BCUT2D eigenvalue weighted by molar-refractivity contribution is -0.108. The lowest BCUT2D eigenvalue weighted by Gasteiger charge is -1.95. The molecule has 3 heteroatoms. The molecule has 0 aromatic heterocycles. The summed E-state index contributed by atoms with van der Waals surface area (Å²) in [6.45, 7) is 0.716. The van der Waals surface area contributed by atoms with Gasteiger partial charge in [-0.1, -0.05) is 0 Å². The summed E-state index contributed by atoms with van der Waals surface area (Å²) in [4.78, 5) is 20.1. The van der Waals surface area contributed by atoms with Gasteiger partial charge in [0.1, 0.15) is 12.2 Å². The maximum absolute atomic E-state index is 10.1. The molecule has 0 spiro atoms. The van der Waals surface area contributed by atoms with E-state index in [0.29, 0.717) is 18.5 Å². The molecule has 1 atom stereocenters. The van der Waals surface area contributed by atoms with Crippen LogP contribution < -0.4 is 5.32 Å². The van der Waals surface area contributed by atoms with Crippen molar-refractivity contribution >= 4 is 12.2 Å². The predicted octanol–water partition coefficient (Wildman–Crippen LogP) is -0.695. The summed E-state index contributed by atoms with van der Waals surface area (Å²) >= 11 is 0. The van der Waals surface area contributed by atoms with Gasteiger partial charge in [-0.05, 0) is 6.42 Å². The Hall–Kier alpha value is -0.920. The van der Waals surface area contributed by atoms with Crippen molar-refractivity contribution < 1.29 is 9.59 Å². The highest BCUT2D eigenvalue weighted by Gasteiger charge is 2.19. The fourth-order valence-corrected chi connectivity index (χ4v) is 0.886. The highest BCUT2D eigenvalue weighted by Crippen LogP contribution is 2.07. The Labute approximate surface area is 52.7 Å². The van der Waals surface area contributed by atoms with Gasteiger partial charge in [0.05, 0.1) is 6.04 Å². The predicted molar refractivity (Wildman–Crippen MR) is 31.7 cm³/mol. The van der Waals surface area contributed by atoms with Gasteiger partial charge in [-0.2, -0.15) is 0 Å². The molecule has 1 rings (SSSR count). The van der Waals surface area contributed by atoms with Crippen molar-refractivity contribution in [3.05, 3.63) is 5.57 Å². The first kappa shape index (κ1) is 6.20. The minimum Gasteiger partial charge on any atom is -0.303 e. The van der Waals surface area contributed by atoms with Crippen LogP contribution in [0, 0.1) is 0 Å². The summed E-state index contributed by atoms with van der Waals surface area (Å²) in [5.74, 6) is 1.74. The van der Waals surface area contributed by atoms with Crippen molar-refractivity contribution in [1.29, 1.82) is 0 Å². The van der Waals surface area contributed by atoms with E-state index in [1.807, 2.05) is 0 Å². The summed E-state index contributed by atoms with van der Waals surface area (Å²) in [6, 6.07) is -0.359. The number of carbonyl (C=O) groups excluding carboxylic acids is 2. The molecule has 48 valence electrons. The highest BCUT2D eigenvalue weighted by molar-refractivity contribution is 5.72. The minimum absolute atomic E-state index is 0.359. The van der Waals surface area contributed by atoms with E-state index in [-0.39, 0.29) is 6.04 Å². The quantitative estimate of drug-likeness (QED) is 0.372. The third-order valence-electron chi connectivity index (χ3n) is 1.40. The van der Waals surface area contributed by atoms with Crippen LogP contribution in [0.1, 0.15) is 6.42 Å². The number of nitrogens with one attached hydrogen (secondary N) is 1. The van der Waals surface area contributed by atoms with Crippen molar-refractivity contribution in [2.45, 2.75) is 12.5 Å². The Morgan fingerprint density at radius 2 is 2.56 bits per heavy atom. The molecule has 1 N–H and O–H groups in total. The molecule has 1 aliphatic rings. The number of aldehydes is 1. The van der Waals surface area contributed by atoms with E-state index < -0.39 is 0 Å². The van der Waals surface area contributed by atoms with Gasteiger partial charge >= 0.3 is 0 Å². The molecule has 1 aliphatic heterocycles. The van der Waals surface area contributed by atoms with Gasteiger partial charge in [0, 0.05) is 12.1 Å². The van der Waals surface area contributed by atoms with Crippen LogP contribution in [0.15, 0.2) is 5.57 Å². The van der Waals surface area contributed by atoms with Crippen LogP contribution in [-0.4, -0.2) is 24.8 Å². The van der Waals surface area contributed by atoms with Gasteiger partial charge in [0.15, 0.2) is 0 Å². The molecule has 0 aromatic carbocycles. The van der Waals surface area contributed by atoms with Gasteiger partial charge in [-0.3, -0.25) is 0 Å². The monoisotopic (exact) mass is 125 g/mol. The van der Waals surface area contributed by atoms with Crippen LogP contribution in [0.4, 0.5) is 0 Å². The molecule has 1 saturated heterocycles. The van der Waals surface area contributed by atoms with Crippen molar-refractivity contribution in [1.82, 2.24) is 5.32 Å². The van der Waals surface area contributed by atoms with E-state index in [1.54, 1.807) is 5.94 Å². The second-order valence-electron chi connectivity index (χ2n) is 1.95. The molecule has 1 heterocycles. The summed E-state index contributed by atoms with van der Waals surface area (Å²) in [5, 5.41) is 2.84. The fraction of sp³-hybridized carbons (Fsp3) is 0.500. The Morgan fingerprint density at radius 1 is 1.78 bits per heavy atom. The molecule has 0 bridgehead atoms. The van der Waals surface area contributed by atoms with Crippen LogP contribution in [0.25, 0.3) is 0 Å². The van der Waals surface area contributed by atoms with E-state index in [2.05, 4.69) is 5.32 Å². The first-order valence-corrected chi connectivity index (χ1v) is 2.81. The summed E-state index contributed by atoms with van der Waals surface area (Å²) in [6.07, 6.45) is 1.39. The lowest BCUT2D eigenvalue weighted by atomic mass is 10.1. The maximum Gasteiger partial charge on any atom is 0.141 e. The lowest BCUT2D eigenvalue weighted by Crippen LogP contribution is -2.23. The fourth-order valence-electron chi connectivity index (χ4n) is 0.886. The topological polar surface area (TPSA) is 46.2 Å². The van der Waals surface area contributed by atoms with Crippen LogP contribution in [0.3, 0.4) is 0 Å². The van der Waals surface area contributed by atoms with Crippen LogP contribution in [0.2, 0.25) is 0 Å². The average Bonchev–Trinajstić information content (AvgIpc) is 2.33. The molecule has 3 nitrogen and oxygen atoms in total. The minimum atomic E-state index is -0.359. The number of hydrogen-bond acceptors (Lipinski definition) is 3. The van der Waals surface area contributed by atoms with Crippen molar-refractivity contribution in [3.63, 3.8) is 0 Å². The first-order valence-electron chi connectivity index (χ1n) is 2.81. The van der Waals surface area contributed by atoms with E-state index in [0.717, 1.165) is 6.29 Å². The van der Waals surface area contributed by atoms with Crippen molar-refractivity contribution in [2.24, 2.45) is 0 Å². The van der Waals surface area contributed by atoms with Crippen LogP contribution >= 0.6 is 0 Å². The van der Waals surface area contributed by atoms with Crippen molar-refractivity contribution in [3.8, 4) is 0 Å².